The number of nitrogens with one attached hydrogen (secondary N) is 2. The van der Waals surface area contributed by atoms with Crippen molar-refractivity contribution < 1.29 is 33.0 Å². The van der Waals surface area contributed by atoms with Crippen LogP contribution in [0.5, 0.6) is 5.88 Å². The fourth-order valence-corrected chi connectivity index (χ4v) is 6.47. The average molecular weight is 585 g/mol. The molecular weight excluding hydrogens is 554 g/mol. The van der Waals surface area contributed by atoms with E-state index in [0.717, 1.165) is 0 Å². The van der Waals surface area contributed by atoms with E-state index in [1.165, 1.54) is 11.1 Å². The molecule has 5 heterocycles. The Balaban J connectivity index is 0.988. The number of carbonyl (C=O) groups is 2. The van der Waals surface area contributed by atoms with Gasteiger partial charge in [-0.2, -0.15) is 0 Å². The van der Waals surface area contributed by atoms with Crippen LogP contribution in [0.25, 0.3) is 11.0 Å². The summed E-state index contributed by atoms with van der Waals surface area (Å²) in [5.74, 6) is -0.315. The molecule has 5 N–H and O–H groups in total. The smallest absolute Gasteiger partial charge is 0.416 e. The molecule has 1 aromatic carbocycles. The summed E-state index contributed by atoms with van der Waals surface area (Å²) in [6, 6.07) is -0.566. The van der Waals surface area contributed by atoms with E-state index < -0.39 is 29.4 Å². The predicted octanol–water partition coefficient (Wildman–Crippen LogP) is 1.03. The number of amides is 2. The highest BCUT2D eigenvalue weighted by molar-refractivity contribution is 5.94. The number of likely N-dealkylation sites (tertiary alicyclic amines) is 1. The molecule has 1 spiro atoms. The van der Waals surface area contributed by atoms with Crippen molar-refractivity contribution in [3.63, 3.8) is 0 Å². The number of fused-ring (bicyclic) bond motifs is 3. The second-order valence-electron chi connectivity index (χ2n) is 11.6. The van der Waals surface area contributed by atoms with Crippen LogP contribution in [0, 0.1) is 17.6 Å². The Bertz CT molecular complexity index is 1540. The Hall–Kier alpha value is -3.95. The second-order valence-corrected chi connectivity index (χ2v) is 11.6. The molecule has 15 heteroatoms. The van der Waals surface area contributed by atoms with Crippen molar-refractivity contribution in [2.45, 2.75) is 43.7 Å². The third kappa shape index (κ3) is 4.61. The molecule has 0 saturated carbocycles. The maximum atomic E-state index is 15.4. The first-order valence-corrected chi connectivity index (χ1v) is 14.0. The van der Waals surface area contributed by atoms with Crippen LogP contribution >= 0.6 is 0 Å². The lowest BCUT2D eigenvalue weighted by atomic mass is 9.90. The van der Waals surface area contributed by atoms with Crippen molar-refractivity contribution in [2.75, 3.05) is 49.6 Å². The molecule has 7 rings (SSSR count). The van der Waals surface area contributed by atoms with Gasteiger partial charge in [0.25, 0.3) is 11.8 Å². The highest BCUT2D eigenvalue weighted by Gasteiger charge is 2.48. The summed E-state index contributed by atoms with van der Waals surface area (Å²) in [7, 11) is 0. The topological polar surface area (TPSA) is 172 Å². The van der Waals surface area contributed by atoms with Crippen LogP contribution in [0.3, 0.4) is 0 Å². The third-order valence-electron chi connectivity index (χ3n) is 8.60. The number of hydrogen-bond acceptors (Lipinski definition) is 10. The second kappa shape index (κ2) is 10.1. The van der Waals surface area contributed by atoms with Gasteiger partial charge < -0.3 is 35.5 Å². The average Bonchev–Trinajstić information content (AvgIpc) is 3.68. The van der Waals surface area contributed by atoms with E-state index in [9.17, 15) is 14.7 Å². The number of aromatic nitrogens is 4. The van der Waals surface area contributed by atoms with Gasteiger partial charge in [0, 0.05) is 44.9 Å². The summed E-state index contributed by atoms with van der Waals surface area (Å²) < 4.78 is 41.9. The van der Waals surface area contributed by atoms with Crippen LogP contribution in [-0.2, 0) is 28.8 Å². The highest BCUT2D eigenvalue weighted by Crippen LogP contribution is 2.39. The molecule has 3 aliphatic heterocycles. The van der Waals surface area contributed by atoms with Crippen molar-refractivity contribution in [1.29, 1.82) is 0 Å². The standard InChI is InChI=1S/C27H30F2N8O5/c28-20-15-5-13(6-16(15)21(29)23-22(20)32-17(33-23)7-14(30)10-38)9-36-3-1-27(2-4-36)12-37(26(40)42-27)18-8-31-25-24(34-18)35-19(39)11-41-25/h8,13-14,38H,1-7,9-12,30H2,(H,32,33)(H,34,35,39)/t14-/m0/s1. The Kier molecular flexibility index (Phi) is 6.47. The normalized spacial score (nSPS) is 20.9. The van der Waals surface area contributed by atoms with Crippen molar-refractivity contribution in [3.05, 3.63) is 34.8 Å². The van der Waals surface area contributed by atoms with E-state index >= 15 is 8.78 Å². The van der Waals surface area contributed by atoms with Gasteiger partial charge in [0.15, 0.2) is 29.9 Å². The number of piperidine rings is 1. The third-order valence-corrected chi connectivity index (χ3v) is 8.60. The van der Waals surface area contributed by atoms with E-state index in [4.69, 9.17) is 15.2 Å². The summed E-state index contributed by atoms with van der Waals surface area (Å²) in [5.41, 5.74) is 5.85. The fraction of sp³-hybridized carbons (Fsp3) is 0.519. The van der Waals surface area contributed by atoms with Crippen LogP contribution in [0.2, 0.25) is 0 Å². The molecule has 3 aromatic rings. The maximum absolute atomic E-state index is 15.4. The largest absolute Gasteiger partial charge is 0.465 e. The van der Waals surface area contributed by atoms with Crippen LogP contribution in [-0.4, -0.2) is 93.0 Å². The van der Waals surface area contributed by atoms with Gasteiger partial charge in [-0.25, -0.2) is 28.5 Å². The molecule has 2 saturated heterocycles. The number of nitrogens with two attached hydrogens (primary N) is 1. The zero-order chi connectivity index (χ0) is 29.2. The Morgan fingerprint density at radius 3 is 2.69 bits per heavy atom. The molecule has 2 aromatic heterocycles. The first kappa shape index (κ1) is 26.9. The molecule has 42 heavy (non-hydrogen) atoms. The summed E-state index contributed by atoms with van der Waals surface area (Å²) >= 11 is 0. The first-order chi connectivity index (χ1) is 20.2. The van der Waals surface area contributed by atoms with Gasteiger partial charge in [-0.3, -0.25) is 9.69 Å². The number of rotatable bonds is 6. The molecule has 222 valence electrons. The van der Waals surface area contributed by atoms with E-state index in [-0.39, 0.29) is 60.0 Å². The lowest BCUT2D eigenvalue weighted by Gasteiger charge is -2.38. The number of anilines is 2. The van der Waals surface area contributed by atoms with Crippen LogP contribution in [0.15, 0.2) is 6.20 Å². The molecule has 4 aliphatic rings. The number of aliphatic hydroxyl groups is 1. The molecular formula is C27H30F2N8O5. The lowest BCUT2D eigenvalue weighted by Crippen LogP contribution is -2.48. The Morgan fingerprint density at radius 1 is 1.17 bits per heavy atom. The molecule has 0 radical (unpaired) electrons. The minimum atomic E-state index is -0.678. The number of ether oxygens (including phenoxy) is 2. The van der Waals surface area contributed by atoms with Gasteiger partial charge in [0.05, 0.1) is 19.3 Å². The van der Waals surface area contributed by atoms with Crippen molar-refractivity contribution in [3.8, 4) is 5.88 Å². The number of aromatic amines is 1. The number of H-pyrrole nitrogens is 1. The van der Waals surface area contributed by atoms with E-state index in [2.05, 4.69) is 30.2 Å². The van der Waals surface area contributed by atoms with Crippen molar-refractivity contribution in [1.82, 2.24) is 24.8 Å². The minimum absolute atomic E-state index is 0.0296. The highest BCUT2D eigenvalue weighted by atomic mass is 19.1. The number of hydrogen-bond donors (Lipinski definition) is 4. The van der Waals surface area contributed by atoms with Crippen LogP contribution < -0.4 is 20.7 Å². The number of halogens is 2. The zero-order valence-corrected chi connectivity index (χ0v) is 22.7. The van der Waals surface area contributed by atoms with Gasteiger partial charge in [0.2, 0.25) is 0 Å². The summed E-state index contributed by atoms with van der Waals surface area (Å²) in [6.45, 7) is 1.90. The Morgan fingerprint density at radius 2 is 1.93 bits per heavy atom. The molecule has 2 atom stereocenters. The molecule has 0 bridgehead atoms. The maximum Gasteiger partial charge on any atom is 0.416 e. The van der Waals surface area contributed by atoms with Gasteiger partial charge in [-0.05, 0) is 29.9 Å². The Labute approximate surface area is 238 Å². The van der Waals surface area contributed by atoms with Gasteiger partial charge >= 0.3 is 6.09 Å². The van der Waals surface area contributed by atoms with E-state index in [1.807, 2.05) is 0 Å². The van der Waals surface area contributed by atoms with Gasteiger partial charge in [-0.1, -0.05) is 0 Å². The molecule has 13 nitrogen and oxygen atoms in total. The zero-order valence-electron chi connectivity index (χ0n) is 22.7. The quantitative estimate of drug-likeness (QED) is 0.328. The number of benzene rings is 1. The monoisotopic (exact) mass is 584 g/mol. The number of nitrogens with zero attached hydrogens (tertiary/aromatic N) is 5. The molecule has 1 aliphatic carbocycles. The van der Waals surface area contributed by atoms with Crippen LogP contribution in [0.1, 0.15) is 29.8 Å². The number of aliphatic hydroxyl groups excluding tert-OH is 1. The van der Waals surface area contributed by atoms with Crippen molar-refractivity contribution >= 4 is 34.7 Å². The van der Waals surface area contributed by atoms with Gasteiger partial charge in [-0.15, -0.1) is 0 Å². The summed E-state index contributed by atoms with van der Waals surface area (Å²) in [5, 5.41) is 11.8. The van der Waals surface area contributed by atoms with Gasteiger partial charge in [0.1, 0.15) is 22.5 Å². The van der Waals surface area contributed by atoms with E-state index in [1.54, 1.807) is 0 Å². The van der Waals surface area contributed by atoms with Crippen molar-refractivity contribution in [2.24, 2.45) is 11.7 Å². The first-order valence-electron chi connectivity index (χ1n) is 14.0. The molecule has 1 unspecified atom stereocenters. The fourth-order valence-electron chi connectivity index (χ4n) is 6.47. The summed E-state index contributed by atoms with van der Waals surface area (Å²) in [6.07, 6.45) is 3.11. The number of imidazole rings is 1. The lowest BCUT2D eigenvalue weighted by molar-refractivity contribution is -0.118. The predicted molar refractivity (Wildman–Crippen MR) is 144 cm³/mol. The SMILES string of the molecule is N[C@H](CO)Cc1nc2c(F)c3c(c(F)c2[nH]1)CC(CN1CCC2(CC1)CN(c1cnc4c(n1)NC(=O)CO4)C(=O)O2)C3. The number of carbonyl (C=O) groups excluding carboxylic acids is 2. The van der Waals surface area contributed by atoms with Crippen LogP contribution in [0.4, 0.5) is 25.2 Å². The summed E-state index contributed by atoms with van der Waals surface area (Å²) in [4.78, 5) is 43.7. The molecule has 2 fully saturated rings. The minimum Gasteiger partial charge on any atom is -0.465 e. The molecule has 2 amide bonds. The van der Waals surface area contributed by atoms with E-state index in [0.29, 0.717) is 68.8 Å².